The lowest BCUT2D eigenvalue weighted by molar-refractivity contribution is -0.147. The molecule has 0 amide bonds. The molecular formula is C7H12F3NO4S. The Morgan fingerprint density at radius 1 is 1.38 bits per heavy atom. The van der Waals surface area contributed by atoms with Crippen LogP contribution in [0.5, 0.6) is 0 Å². The van der Waals surface area contributed by atoms with Gasteiger partial charge in [0.25, 0.3) is 0 Å². The summed E-state index contributed by atoms with van der Waals surface area (Å²) in [6.45, 7) is 1.80. The van der Waals surface area contributed by atoms with Crippen molar-refractivity contribution in [3.8, 4) is 0 Å². The molecule has 0 saturated heterocycles. The summed E-state index contributed by atoms with van der Waals surface area (Å²) in [4.78, 5) is 10.7. The number of aliphatic carboxylic acids is 1. The molecule has 96 valence electrons. The minimum absolute atomic E-state index is 0.00269. The van der Waals surface area contributed by atoms with E-state index < -0.39 is 33.5 Å². The van der Waals surface area contributed by atoms with Crippen LogP contribution >= 0.6 is 0 Å². The summed E-state index contributed by atoms with van der Waals surface area (Å²) in [6, 6.07) is 0. The van der Waals surface area contributed by atoms with Gasteiger partial charge in [-0.3, -0.25) is 4.79 Å². The zero-order valence-corrected chi connectivity index (χ0v) is 9.44. The lowest BCUT2D eigenvalue weighted by Crippen LogP contribution is -2.44. The van der Waals surface area contributed by atoms with E-state index >= 15 is 0 Å². The number of rotatable bonds is 5. The summed E-state index contributed by atoms with van der Waals surface area (Å²) < 4.78 is 58.2. The molecule has 1 unspecified atom stereocenters. The van der Waals surface area contributed by atoms with Crippen molar-refractivity contribution in [2.75, 3.05) is 6.54 Å². The molecule has 9 heteroatoms. The molecule has 0 radical (unpaired) electrons. The van der Waals surface area contributed by atoms with Crippen LogP contribution in [0, 0.1) is 5.41 Å². The van der Waals surface area contributed by atoms with E-state index in [-0.39, 0.29) is 6.42 Å². The predicted octanol–water partition coefficient (Wildman–Crippen LogP) is 0.927. The molecule has 0 fully saturated rings. The third kappa shape index (κ3) is 3.34. The molecule has 0 aliphatic carbocycles. The quantitative estimate of drug-likeness (QED) is 0.772. The Morgan fingerprint density at radius 2 is 1.81 bits per heavy atom. The maximum absolute atomic E-state index is 11.9. The van der Waals surface area contributed by atoms with E-state index in [0.29, 0.717) is 0 Å². The van der Waals surface area contributed by atoms with Gasteiger partial charge in [0.1, 0.15) is 0 Å². The van der Waals surface area contributed by atoms with Crippen molar-refractivity contribution in [1.82, 2.24) is 4.72 Å². The fraction of sp³-hybridized carbons (Fsp3) is 0.857. The topological polar surface area (TPSA) is 83.5 Å². The molecule has 0 bridgehead atoms. The van der Waals surface area contributed by atoms with E-state index in [9.17, 15) is 26.4 Å². The van der Waals surface area contributed by atoms with Gasteiger partial charge in [0, 0.05) is 6.54 Å². The second-order valence-electron chi connectivity index (χ2n) is 3.49. The first-order chi connectivity index (χ1) is 6.96. The summed E-state index contributed by atoms with van der Waals surface area (Å²) in [5, 5.41) is 8.72. The number of carbonyl (C=O) groups is 1. The van der Waals surface area contributed by atoms with E-state index in [0.717, 1.165) is 6.92 Å². The van der Waals surface area contributed by atoms with Gasteiger partial charge in [0.05, 0.1) is 5.41 Å². The highest BCUT2D eigenvalue weighted by Crippen LogP contribution is 2.25. The van der Waals surface area contributed by atoms with Crippen LogP contribution in [0.15, 0.2) is 0 Å². The van der Waals surface area contributed by atoms with Gasteiger partial charge in [-0.2, -0.15) is 13.2 Å². The number of carboxylic acid groups (broad SMARTS) is 1. The first-order valence-electron chi connectivity index (χ1n) is 4.25. The molecule has 0 aliphatic heterocycles. The van der Waals surface area contributed by atoms with Gasteiger partial charge in [-0.15, -0.1) is 0 Å². The monoisotopic (exact) mass is 263 g/mol. The van der Waals surface area contributed by atoms with Crippen LogP contribution in [-0.2, 0) is 14.8 Å². The molecule has 2 N–H and O–H groups in total. The number of carboxylic acids is 1. The molecule has 16 heavy (non-hydrogen) atoms. The number of nitrogens with one attached hydrogen (secondary N) is 1. The van der Waals surface area contributed by atoms with Gasteiger partial charge < -0.3 is 5.11 Å². The van der Waals surface area contributed by atoms with Crippen LogP contribution in [0.3, 0.4) is 0 Å². The lowest BCUT2D eigenvalue weighted by atomic mass is 9.88. The van der Waals surface area contributed by atoms with Crippen molar-refractivity contribution in [2.45, 2.75) is 25.8 Å². The summed E-state index contributed by atoms with van der Waals surface area (Å²) in [7, 11) is -5.49. The van der Waals surface area contributed by atoms with E-state index in [1.54, 1.807) is 0 Å². The third-order valence-corrected chi connectivity index (χ3v) is 3.39. The van der Waals surface area contributed by atoms with Gasteiger partial charge in [-0.1, -0.05) is 6.92 Å². The molecule has 0 aliphatic rings. The molecule has 0 heterocycles. The van der Waals surface area contributed by atoms with Crippen LogP contribution in [0.2, 0.25) is 0 Å². The van der Waals surface area contributed by atoms with Crippen LogP contribution in [0.25, 0.3) is 0 Å². The van der Waals surface area contributed by atoms with Crippen LogP contribution in [-0.4, -0.2) is 31.5 Å². The molecule has 5 nitrogen and oxygen atoms in total. The van der Waals surface area contributed by atoms with Crippen molar-refractivity contribution in [3.05, 3.63) is 0 Å². The third-order valence-electron chi connectivity index (χ3n) is 2.25. The first kappa shape index (κ1) is 15.2. The highest BCUT2D eigenvalue weighted by Gasteiger charge is 2.47. The van der Waals surface area contributed by atoms with E-state index in [1.165, 1.54) is 11.6 Å². The zero-order valence-electron chi connectivity index (χ0n) is 8.63. The van der Waals surface area contributed by atoms with Gasteiger partial charge in [-0.05, 0) is 13.3 Å². The zero-order chi connectivity index (χ0) is 13.2. The average molecular weight is 263 g/mol. The Morgan fingerprint density at radius 3 is 2.06 bits per heavy atom. The van der Waals surface area contributed by atoms with Crippen molar-refractivity contribution in [3.63, 3.8) is 0 Å². The van der Waals surface area contributed by atoms with Crippen LogP contribution in [0.4, 0.5) is 13.2 Å². The average Bonchev–Trinajstić information content (AvgIpc) is 2.12. The second-order valence-corrected chi connectivity index (χ2v) is 5.25. The minimum Gasteiger partial charge on any atom is -0.481 e. The Kier molecular flexibility index (Phi) is 4.34. The van der Waals surface area contributed by atoms with Crippen LogP contribution in [0.1, 0.15) is 20.3 Å². The highest BCUT2D eigenvalue weighted by molar-refractivity contribution is 7.90. The second kappa shape index (κ2) is 4.58. The molecule has 1 atom stereocenters. The number of alkyl halides is 3. The Labute approximate surface area is 90.7 Å². The van der Waals surface area contributed by atoms with Crippen LogP contribution < -0.4 is 4.72 Å². The normalized spacial score (nSPS) is 16.8. The van der Waals surface area contributed by atoms with Crippen molar-refractivity contribution >= 4 is 16.0 Å². The summed E-state index contributed by atoms with van der Waals surface area (Å²) in [5.74, 6) is -1.36. The number of sulfonamides is 1. The van der Waals surface area contributed by atoms with Gasteiger partial charge in [-0.25, -0.2) is 13.1 Å². The van der Waals surface area contributed by atoms with Gasteiger partial charge in [0.15, 0.2) is 0 Å². The van der Waals surface area contributed by atoms with E-state index in [4.69, 9.17) is 5.11 Å². The molecule has 0 rings (SSSR count). The molecular weight excluding hydrogens is 251 g/mol. The molecule has 0 aromatic rings. The van der Waals surface area contributed by atoms with Gasteiger partial charge in [0.2, 0.25) is 0 Å². The SMILES string of the molecule is CCC(C)(CNS(=O)(=O)C(F)(F)F)C(=O)O. The maximum Gasteiger partial charge on any atom is 0.511 e. The van der Waals surface area contributed by atoms with Gasteiger partial charge >= 0.3 is 21.5 Å². The van der Waals surface area contributed by atoms with Crippen molar-refractivity contribution in [1.29, 1.82) is 0 Å². The van der Waals surface area contributed by atoms with Crippen molar-refractivity contribution < 1.29 is 31.5 Å². The molecule has 0 saturated carbocycles. The fourth-order valence-electron chi connectivity index (χ4n) is 0.688. The standard InChI is InChI=1S/C7H12F3NO4S/c1-3-6(2,5(12)13)4-11-16(14,15)7(8,9)10/h11H,3-4H2,1-2H3,(H,12,13). The van der Waals surface area contributed by atoms with E-state index in [2.05, 4.69) is 0 Å². The summed E-state index contributed by atoms with van der Waals surface area (Å²) in [6.07, 6.45) is 0.00269. The number of hydrogen-bond donors (Lipinski definition) is 2. The maximum atomic E-state index is 11.9. The minimum atomic E-state index is -5.49. The smallest absolute Gasteiger partial charge is 0.481 e. The largest absolute Gasteiger partial charge is 0.511 e. The molecule has 0 aromatic heterocycles. The predicted molar refractivity (Wildman–Crippen MR) is 49.0 cm³/mol. The Balaban J connectivity index is 4.76. The molecule has 0 aromatic carbocycles. The summed E-state index contributed by atoms with van der Waals surface area (Å²) >= 11 is 0. The Hall–Kier alpha value is -0.830. The Bertz CT molecular complexity index is 364. The lowest BCUT2D eigenvalue weighted by Gasteiger charge is -2.23. The van der Waals surface area contributed by atoms with E-state index in [1.807, 2.05) is 0 Å². The molecule has 0 spiro atoms. The summed E-state index contributed by atoms with van der Waals surface area (Å²) in [5.41, 5.74) is -6.99. The highest BCUT2D eigenvalue weighted by atomic mass is 32.2. The first-order valence-corrected chi connectivity index (χ1v) is 5.74. The number of hydrogen-bond acceptors (Lipinski definition) is 3. The fourth-order valence-corrected chi connectivity index (χ4v) is 1.36. The van der Waals surface area contributed by atoms with Crippen molar-refractivity contribution in [2.24, 2.45) is 5.41 Å². The number of halogens is 3.